The molecule has 6 aromatic heterocycles. The highest BCUT2D eigenvalue weighted by atomic mass is 35.5. The van der Waals surface area contributed by atoms with Crippen molar-refractivity contribution in [3.05, 3.63) is 89.1 Å². The maximum Gasteiger partial charge on any atom is 0.347 e. The Hall–Kier alpha value is -6.89. The van der Waals surface area contributed by atoms with E-state index in [4.69, 9.17) is 30.5 Å². The Balaban J connectivity index is 0.000000201. The van der Waals surface area contributed by atoms with Crippen LogP contribution < -0.4 is 36.3 Å². The van der Waals surface area contributed by atoms with Gasteiger partial charge in [-0.25, -0.2) is 44.5 Å². The maximum atomic E-state index is 12.0. The Morgan fingerprint density at radius 1 is 0.647 bits per heavy atom. The summed E-state index contributed by atoms with van der Waals surface area (Å²) in [5.41, 5.74) is 1.00. The summed E-state index contributed by atoms with van der Waals surface area (Å²) in [7, 11) is 0. The zero-order chi connectivity index (χ0) is 47.8. The van der Waals surface area contributed by atoms with Crippen molar-refractivity contribution >= 4 is 68.9 Å². The molecular formula is C48H59ClN12O7. The number of carbonyl (C=O) groups is 2. The van der Waals surface area contributed by atoms with Crippen LogP contribution in [0.2, 0.25) is 5.15 Å². The van der Waals surface area contributed by atoms with Gasteiger partial charge in [0.25, 0.3) is 5.56 Å². The summed E-state index contributed by atoms with van der Waals surface area (Å²) in [6.07, 6.45) is 16.6. The summed E-state index contributed by atoms with van der Waals surface area (Å²) in [6, 6.07) is 12.3. The zero-order valence-electron chi connectivity index (χ0n) is 38.7. The normalized spacial score (nSPS) is 18.8. The number of hydrogen-bond acceptors (Lipinski definition) is 18. The first-order valence-corrected chi connectivity index (χ1v) is 23.6. The molecule has 0 radical (unpaired) electrons. The summed E-state index contributed by atoms with van der Waals surface area (Å²) >= 11 is 6.19. The van der Waals surface area contributed by atoms with Crippen LogP contribution in [0.3, 0.4) is 0 Å². The molecule has 0 bridgehead atoms. The van der Waals surface area contributed by atoms with Gasteiger partial charge in [-0.05, 0) is 127 Å². The first kappa shape index (κ1) is 49.0. The summed E-state index contributed by atoms with van der Waals surface area (Å²) in [5.74, 6) is 3.73. The Labute approximate surface area is 399 Å². The van der Waals surface area contributed by atoms with Crippen molar-refractivity contribution in [2.24, 2.45) is 11.8 Å². The van der Waals surface area contributed by atoms with Crippen LogP contribution in [0.15, 0.2) is 78.4 Å². The van der Waals surface area contributed by atoms with Gasteiger partial charge in [0, 0.05) is 48.3 Å². The minimum Gasteiger partial charge on any atom is -0.476 e. The first-order chi connectivity index (χ1) is 33.0. The van der Waals surface area contributed by atoms with Crippen LogP contribution >= 0.6 is 11.6 Å². The van der Waals surface area contributed by atoms with Gasteiger partial charge >= 0.3 is 11.9 Å². The first-order valence-electron chi connectivity index (χ1n) is 23.2. The second-order valence-electron chi connectivity index (χ2n) is 16.8. The molecule has 0 aromatic carbocycles. The summed E-state index contributed by atoms with van der Waals surface area (Å²) in [5, 5.41) is 15.8. The molecule has 2 aliphatic rings. The van der Waals surface area contributed by atoms with Crippen LogP contribution in [-0.2, 0) is 19.1 Å². The molecule has 2 fully saturated rings. The van der Waals surface area contributed by atoms with E-state index in [2.05, 4.69) is 61.1 Å². The summed E-state index contributed by atoms with van der Waals surface area (Å²) in [6.45, 7) is 9.00. The molecule has 0 saturated heterocycles. The number of hydrogen-bond donors (Lipinski definition) is 5. The lowest BCUT2D eigenvalue weighted by Gasteiger charge is -2.29. The third-order valence-corrected chi connectivity index (χ3v) is 12.1. The topological polar surface area (TPSA) is 242 Å². The number of nitrogens with zero attached hydrogens (tertiary/aromatic N) is 7. The van der Waals surface area contributed by atoms with E-state index in [-0.39, 0.29) is 5.56 Å². The Morgan fingerprint density at radius 3 is 1.57 bits per heavy atom. The molecule has 2 saturated carbocycles. The lowest BCUT2D eigenvalue weighted by atomic mass is 9.86. The molecule has 360 valence electrons. The molecule has 0 spiro atoms. The monoisotopic (exact) mass is 950 g/mol. The van der Waals surface area contributed by atoms with Crippen molar-refractivity contribution in [1.29, 1.82) is 0 Å². The molecule has 6 heterocycles. The fourth-order valence-corrected chi connectivity index (χ4v) is 8.32. The van der Waals surface area contributed by atoms with E-state index in [0.29, 0.717) is 71.2 Å². The fraction of sp³-hybridized carbons (Fsp3) is 0.458. The van der Waals surface area contributed by atoms with Crippen LogP contribution in [0, 0.1) is 11.8 Å². The van der Waals surface area contributed by atoms with Gasteiger partial charge in [0.05, 0.1) is 38.0 Å². The molecule has 0 amide bonds. The molecule has 2 unspecified atom stereocenters. The maximum absolute atomic E-state index is 12.0. The van der Waals surface area contributed by atoms with Gasteiger partial charge in [-0.15, -0.1) is 0 Å². The van der Waals surface area contributed by atoms with Gasteiger partial charge in [0.1, 0.15) is 22.7 Å². The van der Waals surface area contributed by atoms with E-state index in [1.54, 1.807) is 64.9 Å². The van der Waals surface area contributed by atoms with E-state index < -0.39 is 24.1 Å². The van der Waals surface area contributed by atoms with Crippen LogP contribution in [0.4, 0.5) is 23.5 Å². The predicted octanol–water partition coefficient (Wildman–Crippen LogP) is 7.61. The van der Waals surface area contributed by atoms with Gasteiger partial charge in [-0.3, -0.25) is 4.79 Å². The largest absolute Gasteiger partial charge is 0.476 e. The standard InChI is InChI=1S/C24H29ClN6O3.C24H30N6O4/c1-3-33-23(32)15(2)34-19-13-28-24(29-14-19)27-12-16-4-7-18(8-5-16)30-20-9-6-17-10-11-26-22(25)21(17)31-20;1-3-33-23(32)15(2)34-19-13-27-24(28-14-19)26-12-16-4-7-18(8-5-16)29-20-9-6-17-10-11-25-22(31)21(17)30-20/h6,9-11,13-16,18H,3-5,7-8,12H2,1-2H3,(H,30,31)(H,27,28,29);6,9-11,13-16,18H,3-5,7-8,12H2,1-2H3,(H,25,31)(H,29,30)(H,26,27,28). The van der Waals surface area contributed by atoms with Crippen LogP contribution in [-0.4, -0.2) is 102 Å². The lowest BCUT2D eigenvalue weighted by molar-refractivity contribution is -0.151. The number of halogens is 1. The number of H-pyrrole nitrogens is 1. The molecule has 68 heavy (non-hydrogen) atoms. The number of fused-ring (bicyclic) bond motifs is 2. The quantitative estimate of drug-likeness (QED) is 0.0411. The molecule has 5 N–H and O–H groups in total. The minimum atomic E-state index is -0.711. The molecule has 8 rings (SSSR count). The zero-order valence-corrected chi connectivity index (χ0v) is 39.5. The van der Waals surface area contributed by atoms with E-state index in [9.17, 15) is 14.4 Å². The Morgan fingerprint density at radius 2 is 1.10 bits per heavy atom. The second kappa shape index (κ2) is 24.2. The molecule has 6 aromatic rings. The van der Waals surface area contributed by atoms with Gasteiger partial charge in [0.15, 0.2) is 28.9 Å². The second-order valence-corrected chi connectivity index (χ2v) is 17.2. The van der Waals surface area contributed by atoms with Gasteiger partial charge in [0.2, 0.25) is 11.9 Å². The molecule has 19 nitrogen and oxygen atoms in total. The average molecular weight is 952 g/mol. The van der Waals surface area contributed by atoms with Gasteiger partial charge < -0.3 is 45.2 Å². The SMILES string of the molecule is CCOC(=O)C(C)Oc1cnc(NCC2CCC(Nc3ccc4cc[nH]c(=O)c4n3)CC2)nc1.CCOC(=O)C(C)Oc1cnc(NCC2CCC(Nc3ccc4ccnc(Cl)c4n3)CC2)nc1. The Kier molecular flexibility index (Phi) is 17.5. The molecule has 2 atom stereocenters. The average Bonchev–Trinajstić information content (AvgIpc) is 3.35. The highest BCUT2D eigenvalue weighted by Crippen LogP contribution is 2.29. The molecule has 0 aliphatic heterocycles. The smallest absolute Gasteiger partial charge is 0.347 e. The highest BCUT2D eigenvalue weighted by Gasteiger charge is 2.24. The van der Waals surface area contributed by atoms with Crippen molar-refractivity contribution in [3.63, 3.8) is 0 Å². The number of rotatable bonds is 18. The van der Waals surface area contributed by atoms with E-state index in [1.807, 2.05) is 36.4 Å². The number of aromatic amines is 1. The van der Waals surface area contributed by atoms with Crippen molar-refractivity contribution in [2.45, 2.75) is 103 Å². The summed E-state index contributed by atoms with van der Waals surface area (Å²) in [4.78, 5) is 68.3. The minimum absolute atomic E-state index is 0.175. The van der Waals surface area contributed by atoms with Gasteiger partial charge in [-0.1, -0.05) is 11.6 Å². The number of ether oxygens (including phenoxy) is 4. The summed E-state index contributed by atoms with van der Waals surface area (Å²) < 4.78 is 20.9. The highest BCUT2D eigenvalue weighted by molar-refractivity contribution is 6.33. The van der Waals surface area contributed by atoms with E-state index >= 15 is 0 Å². The van der Waals surface area contributed by atoms with Crippen molar-refractivity contribution < 1.29 is 28.5 Å². The molecule has 20 heteroatoms. The number of pyridine rings is 4. The van der Waals surface area contributed by atoms with Gasteiger partial charge in [-0.2, -0.15) is 0 Å². The van der Waals surface area contributed by atoms with Crippen LogP contribution in [0.5, 0.6) is 11.5 Å². The molecular weight excluding hydrogens is 892 g/mol. The van der Waals surface area contributed by atoms with Crippen molar-refractivity contribution in [1.82, 2.24) is 39.9 Å². The third kappa shape index (κ3) is 14.1. The number of aromatic nitrogens is 8. The molecule has 2 aliphatic carbocycles. The van der Waals surface area contributed by atoms with Crippen LogP contribution in [0.1, 0.15) is 79.1 Å². The predicted molar refractivity (Wildman–Crippen MR) is 260 cm³/mol. The fourth-order valence-electron chi connectivity index (χ4n) is 8.11. The van der Waals surface area contributed by atoms with Crippen molar-refractivity contribution in [2.75, 3.05) is 47.6 Å². The van der Waals surface area contributed by atoms with E-state index in [0.717, 1.165) is 92.4 Å². The number of esters is 2. The van der Waals surface area contributed by atoms with Crippen molar-refractivity contribution in [3.8, 4) is 11.5 Å². The number of nitrogens with one attached hydrogen (secondary N) is 5. The number of anilines is 4. The van der Waals surface area contributed by atoms with E-state index in [1.165, 1.54) is 0 Å². The lowest BCUT2D eigenvalue weighted by Crippen LogP contribution is -2.29. The van der Waals surface area contributed by atoms with Crippen LogP contribution in [0.25, 0.3) is 21.8 Å². The number of carbonyl (C=O) groups excluding carboxylic acids is 2. The Bertz CT molecular complexity index is 2630. The third-order valence-electron chi connectivity index (χ3n) is 11.8.